The van der Waals surface area contributed by atoms with Crippen LogP contribution in [-0.4, -0.2) is 41.0 Å². The second-order valence-electron chi connectivity index (χ2n) is 7.62. The second kappa shape index (κ2) is 8.91. The molecule has 1 atom stereocenters. The average molecular weight is 444 g/mol. The molecule has 0 radical (unpaired) electrons. The normalized spacial score (nSPS) is 14.1. The molecule has 0 fully saturated rings. The quantitative estimate of drug-likeness (QED) is 0.447. The third-order valence-electron chi connectivity index (χ3n) is 5.16. The van der Waals surface area contributed by atoms with E-state index in [-0.39, 0.29) is 23.3 Å². The predicted molar refractivity (Wildman–Crippen MR) is 122 cm³/mol. The van der Waals surface area contributed by atoms with Crippen LogP contribution in [-0.2, 0) is 22.4 Å². The van der Waals surface area contributed by atoms with Crippen molar-refractivity contribution in [2.24, 2.45) is 0 Å². The minimum Gasteiger partial charge on any atom is -0.383 e. The lowest BCUT2D eigenvalue weighted by atomic mass is 10.2. The molecule has 30 heavy (non-hydrogen) atoms. The largest absolute Gasteiger partial charge is 0.383 e. The van der Waals surface area contributed by atoms with Crippen molar-refractivity contribution < 1.29 is 9.53 Å². The Balaban J connectivity index is 1.72. The topological polar surface area (TPSA) is 73.2 Å². The molecule has 0 bridgehead atoms. The van der Waals surface area contributed by atoms with Gasteiger partial charge in [0.2, 0.25) is 5.91 Å². The number of hydrogen-bond donors (Lipinski definition) is 1. The van der Waals surface area contributed by atoms with E-state index in [4.69, 9.17) is 9.72 Å². The monoisotopic (exact) mass is 443 g/mol. The smallest absolute Gasteiger partial charge is 0.267 e. The summed E-state index contributed by atoms with van der Waals surface area (Å²) in [5, 5.41) is 4.20. The van der Waals surface area contributed by atoms with Crippen molar-refractivity contribution in [3.05, 3.63) is 50.6 Å². The first-order valence-corrected chi connectivity index (χ1v) is 11.8. The summed E-state index contributed by atoms with van der Waals surface area (Å²) < 4.78 is 6.73. The van der Waals surface area contributed by atoms with Crippen LogP contribution in [0.5, 0.6) is 0 Å². The van der Waals surface area contributed by atoms with E-state index in [0.717, 1.165) is 46.3 Å². The Morgan fingerprint density at radius 2 is 2.10 bits per heavy atom. The van der Waals surface area contributed by atoms with Crippen LogP contribution in [0.4, 0.5) is 0 Å². The Bertz CT molecular complexity index is 1140. The van der Waals surface area contributed by atoms with E-state index in [1.807, 2.05) is 38.1 Å². The number of methoxy groups -OCH3 is 1. The van der Waals surface area contributed by atoms with Gasteiger partial charge in [0, 0.05) is 18.0 Å². The Labute approximate surface area is 183 Å². The third kappa shape index (κ3) is 4.17. The Hall–Kier alpha value is -2.16. The lowest BCUT2D eigenvalue weighted by Crippen LogP contribution is -2.36. The number of thioether (sulfide) groups is 1. The highest BCUT2D eigenvalue weighted by Gasteiger charge is 2.24. The number of aryl methyl sites for hydroxylation is 3. The molecule has 158 valence electrons. The molecule has 1 aliphatic carbocycles. The molecule has 1 aromatic carbocycles. The number of fused-ring (bicyclic) bond motifs is 3. The fraction of sp³-hybridized carbons (Fsp3) is 0.409. The standard InChI is InChI=1S/C22H25N3O3S2/c1-13-7-9-15(10-8-13)25-21(27)19-16-5-4-6-17(16)30-20(19)24-22(25)29-12-18(26)23-14(2)11-28-3/h7-10,14H,4-6,11-12H2,1-3H3,(H,23,26). The first-order chi connectivity index (χ1) is 14.5. The van der Waals surface area contributed by atoms with Crippen LogP contribution in [0.15, 0.2) is 34.2 Å². The zero-order chi connectivity index (χ0) is 21.3. The SMILES string of the molecule is COCC(C)NC(=O)CSc1nc2sc3c(c2c(=O)n1-c1ccc(C)cc1)CCC3. The number of carbonyl (C=O) groups is 1. The fourth-order valence-corrected chi connectivity index (χ4v) is 5.91. The summed E-state index contributed by atoms with van der Waals surface area (Å²) in [5.41, 5.74) is 3.02. The molecule has 2 aromatic heterocycles. The van der Waals surface area contributed by atoms with Gasteiger partial charge in [0.1, 0.15) is 4.83 Å². The van der Waals surface area contributed by atoms with Crippen molar-refractivity contribution in [3.8, 4) is 5.69 Å². The molecule has 2 heterocycles. The third-order valence-corrected chi connectivity index (χ3v) is 7.28. The summed E-state index contributed by atoms with van der Waals surface area (Å²) in [6.45, 7) is 4.36. The van der Waals surface area contributed by atoms with Crippen LogP contribution < -0.4 is 10.9 Å². The van der Waals surface area contributed by atoms with Gasteiger partial charge in [0.05, 0.1) is 23.4 Å². The minimum atomic E-state index is -0.108. The summed E-state index contributed by atoms with van der Waals surface area (Å²) >= 11 is 2.91. The van der Waals surface area contributed by atoms with E-state index in [0.29, 0.717) is 11.8 Å². The van der Waals surface area contributed by atoms with Gasteiger partial charge < -0.3 is 10.1 Å². The Kier molecular flexibility index (Phi) is 6.26. The number of aromatic nitrogens is 2. The minimum absolute atomic E-state index is 0.0427. The first-order valence-electron chi connectivity index (χ1n) is 10.0. The van der Waals surface area contributed by atoms with E-state index < -0.39 is 0 Å². The van der Waals surface area contributed by atoms with Gasteiger partial charge in [0.25, 0.3) is 5.56 Å². The van der Waals surface area contributed by atoms with Gasteiger partial charge >= 0.3 is 0 Å². The van der Waals surface area contributed by atoms with Crippen LogP contribution in [0.1, 0.15) is 29.3 Å². The molecular weight excluding hydrogens is 418 g/mol. The Morgan fingerprint density at radius 1 is 1.33 bits per heavy atom. The first kappa shape index (κ1) is 21.1. The van der Waals surface area contributed by atoms with E-state index in [9.17, 15) is 9.59 Å². The summed E-state index contributed by atoms with van der Waals surface area (Å²) in [6, 6.07) is 7.76. The molecule has 0 spiro atoms. The van der Waals surface area contributed by atoms with Gasteiger partial charge in [-0.2, -0.15) is 0 Å². The second-order valence-corrected chi connectivity index (χ2v) is 9.65. The lowest BCUT2D eigenvalue weighted by Gasteiger charge is -2.14. The maximum absolute atomic E-state index is 13.6. The van der Waals surface area contributed by atoms with Crippen LogP contribution in [0.2, 0.25) is 0 Å². The Morgan fingerprint density at radius 3 is 2.83 bits per heavy atom. The lowest BCUT2D eigenvalue weighted by molar-refractivity contribution is -0.119. The molecule has 8 heteroatoms. The maximum Gasteiger partial charge on any atom is 0.267 e. The number of carbonyl (C=O) groups excluding carboxylic acids is 1. The maximum atomic E-state index is 13.6. The molecule has 6 nitrogen and oxygen atoms in total. The van der Waals surface area contributed by atoms with Gasteiger partial charge in [-0.25, -0.2) is 4.98 Å². The number of nitrogens with one attached hydrogen (secondary N) is 1. The highest BCUT2D eigenvalue weighted by Crippen LogP contribution is 2.36. The fourth-order valence-electron chi connectivity index (χ4n) is 3.78. The molecule has 1 unspecified atom stereocenters. The van der Waals surface area contributed by atoms with Gasteiger partial charge in [-0.05, 0) is 50.8 Å². The van der Waals surface area contributed by atoms with Crippen LogP contribution in [0.25, 0.3) is 15.9 Å². The molecule has 0 saturated carbocycles. The van der Waals surface area contributed by atoms with Gasteiger partial charge in [0.15, 0.2) is 5.16 Å². The summed E-state index contributed by atoms with van der Waals surface area (Å²) in [5.74, 6) is 0.0752. The number of amides is 1. The molecule has 4 rings (SSSR count). The van der Waals surface area contributed by atoms with Gasteiger partial charge in [-0.15, -0.1) is 11.3 Å². The van der Waals surface area contributed by atoms with E-state index in [2.05, 4.69) is 5.32 Å². The predicted octanol–water partition coefficient (Wildman–Crippen LogP) is 3.49. The van der Waals surface area contributed by atoms with Crippen molar-refractivity contribution in [2.75, 3.05) is 19.5 Å². The van der Waals surface area contributed by atoms with Crippen molar-refractivity contribution in [1.29, 1.82) is 0 Å². The molecular formula is C22H25N3O3S2. The number of ether oxygens (including phenoxy) is 1. The summed E-state index contributed by atoms with van der Waals surface area (Å²) in [4.78, 5) is 32.8. The van der Waals surface area contributed by atoms with E-state index in [1.165, 1.54) is 16.6 Å². The highest BCUT2D eigenvalue weighted by atomic mass is 32.2. The van der Waals surface area contributed by atoms with Crippen molar-refractivity contribution in [3.63, 3.8) is 0 Å². The van der Waals surface area contributed by atoms with Crippen molar-refractivity contribution in [1.82, 2.24) is 14.9 Å². The van der Waals surface area contributed by atoms with Crippen LogP contribution >= 0.6 is 23.1 Å². The number of thiophene rings is 1. The van der Waals surface area contributed by atoms with Gasteiger partial charge in [-0.3, -0.25) is 14.2 Å². The summed E-state index contributed by atoms with van der Waals surface area (Å²) in [6.07, 6.45) is 3.05. The number of hydrogen-bond acceptors (Lipinski definition) is 6. The van der Waals surface area contributed by atoms with Crippen molar-refractivity contribution >= 4 is 39.2 Å². The van der Waals surface area contributed by atoms with Crippen LogP contribution in [0, 0.1) is 6.92 Å². The number of nitrogens with zero attached hydrogens (tertiary/aromatic N) is 2. The molecule has 0 saturated heterocycles. The zero-order valence-corrected chi connectivity index (χ0v) is 19.0. The highest BCUT2D eigenvalue weighted by molar-refractivity contribution is 7.99. The van der Waals surface area contributed by atoms with E-state index >= 15 is 0 Å². The molecule has 3 aromatic rings. The van der Waals surface area contributed by atoms with E-state index in [1.54, 1.807) is 23.0 Å². The molecule has 1 amide bonds. The van der Waals surface area contributed by atoms with Crippen molar-refractivity contribution in [2.45, 2.75) is 44.3 Å². The van der Waals surface area contributed by atoms with Gasteiger partial charge in [-0.1, -0.05) is 29.5 Å². The average Bonchev–Trinajstić information content (AvgIpc) is 3.28. The molecule has 1 N–H and O–H groups in total. The zero-order valence-electron chi connectivity index (χ0n) is 17.4. The van der Waals surface area contributed by atoms with Crippen LogP contribution in [0.3, 0.4) is 0 Å². The summed E-state index contributed by atoms with van der Waals surface area (Å²) in [7, 11) is 1.61. The number of benzene rings is 1. The molecule has 1 aliphatic rings. The number of rotatable bonds is 7. The molecule has 0 aliphatic heterocycles.